The Morgan fingerprint density at radius 3 is 2.62 bits per heavy atom. The van der Waals surface area contributed by atoms with Crippen molar-refractivity contribution in [1.29, 1.82) is 0 Å². The molecule has 1 aromatic carbocycles. The van der Waals surface area contributed by atoms with Crippen LogP contribution in [0.4, 0.5) is 10.8 Å². The highest BCUT2D eigenvalue weighted by Crippen LogP contribution is 2.27. The topological polar surface area (TPSA) is 75.2 Å². The maximum atomic E-state index is 12.4. The maximum absolute atomic E-state index is 12.4. The molecule has 1 atom stereocenters. The molecule has 1 saturated heterocycles. The highest BCUT2D eigenvalue weighted by molar-refractivity contribution is 7.15. The number of aryl methyl sites for hydroxylation is 1. The summed E-state index contributed by atoms with van der Waals surface area (Å²) in [7, 11) is 0. The third-order valence-electron chi connectivity index (χ3n) is 4.01. The van der Waals surface area contributed by atoms with Gasteiger partial charge in [0.1, 0.15) is 5.01 Å². The molecule has 1 aliphatic heterocycles. The summed E-state index contributed by atoms with van der Waals surface area (Å²) in [6, 6.07) is 7.75. The predicted molar refractivity (Wildman–Crippen MR) is 94.3 cm³/mol. The zero-order chi connectivity index (χ0) is 17.3. The van der Waals surface area contributed by atoms with Gasteiger partial charge < -0.3 is 10.2 Å². The van der Waals surface area contributed by atoms with Gasteiger partial charge in [0.05, 0.1) is 5.92 Å². The second kappa shape index (κ2) is 6.68. The minimum Gasteiger partial charge on any atom is -0.312 e. The molecular formula is C17H20N4O2S. The Kier molecular flexibility index (Phi) is 4.62. The Hall–Kier alpha value is -2.28. The van der Waals surface area contributed by atoms with E-state index in [1.54, 1.807) is 4.90 Å². The van der Waals surface area contributed by atoms with Crippen LogP contribution in [-0.2, 0) is 9.59 Å². The molecule has 0 bridgehead atoms. The fourth-order valence-electron chi connectivity index (χ4n) is 2.58. The Morgan fingerprint density at radius 1 is 1.29 bits per heavy atom. The molecule has 0 unspecified atom stereocenters. The number of hydrogen-bond acceptors (Lipinski definition) is 5. The van der Waals surface area contributed by atoms with E-state index in [9.17, 15) is 9.59 Å². The van der Waals surface area contributed by atoms with Gasteiger partial charge in [-0.05, 0) is 19.1 Å². The van der Waals surface area contributed by atoms with Crippen molar-refractivity contribution < 1.29 is 9.59 Å². The Balaban J connectivity index is 1.66. The highest BCUT2D eigenvalue weighted by Gasteiger charge is 2.35. The van der Waals surface area contributed by atoms with Crippen LogP contribution < -0.4 is 10.2 Å². The van der Waals surface area contributed by atoms with Crippen molar-refractivity contribution in [2.24, 2.45) is 5.92 Å². The van der Waals surface area contributed by atoms with Crippen molar-refractivity contribution in [1.82, 2.24) is 10.2 Å². The van der Waals surface area contributed by atoms with Crippen LogP contribution in [0.15, 0.2) is 24.3 Å². The summed E-state index contributed by atoms with van der Waals surface area (Å²) in [5.74, 6) is -0.299. The smallest absolute Gasteiger partial charge is 0.231 e. The lowest BCUT2D eigenvalue weighted by atomic mass is 10.1. The molecule has 6 nitrogen and oxygen atoms in total. The number of nitrogens with zero attached hydrogens (tertiary/aromatic N) is 3. The first-order valence-corrected chi connectivity index (χ1v) is 8.77. The largest absolute Gasteiger partial charge is 0.312 e. The fourth-order valence-corrected chi connectivity index (χ4v) is 3.33. The highest BCUT2D eigenvalue weighted by atomic mass is 32.1. The molecule has 7 heteroatoms. The molecule has 1 aromatic heterocycles. The Labute approximate surface area is 144 Å². The lowest BCUT2D eigenvalue weighted by Gasteiger charge is -2.16. The quantitative estimate of drug-likeness (QED) is 0.925. The van der Waals surface area contributed by atoms with Crippen LogP contribution in [0.5, 0.6) is 0 Å². The number of rotatable bonds is 4. The van der Waals surface area contributed by atoms with Crippen molar-refractivity contribution >= 4 is 34.0 Å². The van der Waals surface area contributed by atoms with Gasteiger partial charge in [0.2, 0.25) is 16.9 Å². The molecule has 2 aromatic rings. The van der Waals surface area contributed by atoms with Crippen LogP contribution in [0, 0.1) is 12.8 Å². The van der Waals surface area contributed by atoms with E-state index in [-0.39, 0.29) is 30.1 Å². The summed E-state index contributed by atoms with van der Waals surface area (Å²) >= 11 is 1.37. The van der Waals surface area contributed by atoms with Crippen molar-refractivity contribution in [2.75, 3.05) is 16.8 Å². The first-order valence-electron chi connectivity index (χ1n) is 7.95. The van der Waals surface area contributed by atoms with E-state index in [1.165, 1.54) is 11.3 Å². The SMILES string of the molecule is Cc1ccc(N2C[C@@H](C(=O)Nc3nnc(C(C)C)s3)CC2=O)cc1. The zero-order valence-electron chi connectivity index (χ0n) is 13.9. The van der Waals surface area contributed by atoms with Gasteiger partial charge in [0, 0.05) is 24.6 Å². The van der Waals surface area contributed by atoms with Gasteiger partial charge in [-0.1, -0.05) is 42.9 Å². The number of amides is 2. The lowest BCUT2D eigenvalue weighted by Crippen LogP contribution is -2.28. The van der Waals surface area contributed by atoms with E-state index in [0.29, 0.717) is 11.7 Å². The predicted octanol–water partition coefficient (Wildman–Crippen LogP) is 2.96. The minimum absolute atomic E-state index is 0.0286. The molecule has 0 spiro atoms. The number of anilines is 2. The van der Waals surface area contributed by atoms with Gasteiger partial charge in [-0.2, -0.15) is 0 Å². The number of carbonyl (C=O) groups excluding carboxylic acids is 2. The first-order chi connectivity index (χ1) is 11.4. The third-order valence-corrected chi connectivity index (χ3v) is 5.15. The molecule has 2 heterocycles. The number of hydrogen-bond donors (Lipinski definition) is 1. The van der Waals surface area contributed by atoms with E-state index in [0.717, 1.165) is 16.3 Å². The summed E-state index contributed by atoms with van der Waals surface area (Å²) in [4.78, 5) is 26.3. The second-order valence-electron chi connectivity index (χ2n) is 6.33. The second-order valence-corrected chi connectivity index (χ2v) is 7.34. The Morgan fingerprint density at radius 2 is 2.00 bits per heavy atom. The maximum Gasteiger partial charge on any atom is 0.231 e. The summed E-state index contributed by atoms with van der Waals surface area (Å²) in [6.07, 6.45) is 0.218. The molecule has 0 aliphatic carbocycles. The van der Waals surface area contributed by atoms with Gasteiger partial charge in [-0.25, -0.2) is 0 Å². The minimum atomic E-state index is -0.370. The molecule has 2 amide bonds. The van der Waals surface area contributed by atoms with Gasteiger partial charge >= 0.3 is 0 Å². The number of carbonyl (C=O) groups is 2. The molecule has 1 aliphatic rings. The molecule has 1 N–H and O–H groups in total. The third kappa shape index (κ3) is 3.46. The van der Waals surface area contributed by atoms with Crippen molar-refractivity contribution in [3.63, 3.8) is 0 Å². The number of aromatic nitrogens is 2. The van der Waals surface area contributed by atoms with Crippen LogP contribution in [-0.4, -0.2) is 28.6 Å². The van der Waals surface area contributed by atoms with E-state index in [4.69, 9.17) is 0 Å². The van der Waals surface area contributed by atoms with Crippen molar-refractivity contribution in [3.05, 3.63) is 34.8 Å². The molecule has 0 radical (unpaired) electrons. The Bertz CT molecular complexity index is 754. The van der Waals surface area contributed by atoms with Crippen LogP contribution in [0.3, 0.4) is 0 Å². The van der Waals surface area contributed by atoms with Crippen LogP contribution in [0.1, 0.15) is 36.8 Å². The number of benzene rings is 1. The summed E-state index contributed by atoms with van der Waals surface area (Å²) in [6.45, 7) is 6.45. The molecule has 0 saturated carbocycles. The molecular weight excluding hydrogens is 324 g/mol. The average Bonchev–Trinajstić information content (AvgIpc) is 3.15. The van der Waals surface area contributed by atoms with E-state index in [2.05, 4.69) is 15.5 Å². The van der Waals surface area contributed by atoms with Gasteiger partial charge in [-0.15, -0.1) is 10.2 Å². The molecule has 126 valence electrons. The van der Waals surface area contributed by atoms with E-state index < -0.39 is 0 Å². The number of nitrogens with one attached hydrogen (secondary N) is 1. The van der Waals surface area contributed by atoms with Crippen molar-refractivity contribution in [2.45, 2.75) is 33.1 Å². The molecule has 1 fully saturated rings. The zero-order valence-corrected chi connectivity index (χ0v) is 14.8. The van der Waals surface area contributed by atoms with Gasteiger partial charge in [0.15, 0.2) is 0 Å². The lowest BCUT2D eigenvalue weighted by molar-refractivity contribution is -0.122. The van der Waals surface area contributed by atoms with Crippen LogP contribution in [0.2, 0.25) is 0 Å². The summed E-state index contributed by atoms with van der Waals surface area (Å²) in [5.41, 5.74) is 1.97. The van der Waals surface area contributed by atoms with E-state index >= 15 is 0 Å². The summed E-state index contributed by atoms with van der Waals surface area (Å²) < 4.78 is 0. The van der Waals surface area contributed by atoms with Crippen LogP contribution >= 0.6 is 11.3 Å². The van der Waals surface area contributed by atoms with E-state index in [1.807, 2.05) is 45.0 Å². The van der Waals surface area contributed by atoms with Gasteiger partial charge in [-0.3, -0.25) is 9.59 Å². The fraction of sp³-hybridized carbons (Fsp3) is 0.412. The van der Waals surface area contributed by atoms with Crippen LogP contribution in [0.25, 0.3) is 0 Å². The summed E-state index contributed by atoms with van der Waals surface area (Å²) in [5, 5.41) is 12.2. The monoisotopic (exact) mass is 344 g/mol. The normalized spacial score (nSPS) is 17.6. The standard InChI is InChI=1S/C17H20N4O2S/c1-10(2)16-19-20-17(24-16)18-15(23)12-8-14(22)21(9-12)13-6-4-11(3)5-7-13/h4-7,10,12H,8-9H2,1-3H3,(H,18,20,23)/t12-/m0/s1. The van der Waals surface area contributed by atoms with Gasteiger partial charge in [0.25, 0.3) is 0 Å². The van der Waals surface area contributed by atoms with Crippen molar-refractivity contribution in [3.8, 4) is 0 Å². The molecule has 3 rings (SSSR count). The first kappa shape index (κ1) is 16.6. The average molecular weight is 344 g/mol. The molecule has 24 heavy (non-hydrogen) atoms.